The maximum atomic E-state index is 13.1. The van der Waals surface area contributed by atoms with Gasteiger partial charge in [0.1, 0.15) is 0 Å². The van der Waals surface area contributed by atoms with Crippen molar-refractivity contribution in [1.82, 2.24) is 10.2 Å². The summed E-state index contributed by atoms with van der Waals surface area (Å²) in [6.45, 7) is 1.14. The lowest BCUT2D eigenvalue weighted by atomic mass is 9.92. The van der Waals surface area contributed by atoms with Crippen LogP contribution in [0.1, 0.15) is 44.1 Å². The van der Waals surface area contributed by atoms with Crippen LogP contribution in [0.4, 0.5) is 0 Å². The van der Waals surface area contributed by atoms with Gasteiger partial charge in [-0.2, -0.15) is 0 Å². The first kappa shape index (κ1) is 19.5. The minimum absolute atomic E-state index is 0.0168. The van der Waals surface area contributed by atoms with E-state index >= 15 is 0 Å². The van der Waals surface area contributed by atoms with Crippen molar-refractivity contribution in [2.75, 3.05) is 27.3 Å². The van der Waals surface area contributed by atoms with Gasteiger partial charge in [-0.25, -0.2) is 0 Å². The van der Waals surface area contributed by atoms with Gasteiger partial charge in [-0.1, -0.05) is 25.3 Å². The Hall–Kier alpha value is -2.24. The first-order valence-electron chi connectivity index (χ1n) is 9.90. The highest BCUT2D eigenvalue weighted by Gasteiger charge is 2.34. The molecule has 1 N–H and O–H groups in total. The molecule has 6 heteroatoms. The van der Waals surface area contributed by atoms with E-state index in [0.717, 1.165) is 24.8 Å². The minimum Gasteiger partial charge on any atom is -0.493 e. The molecule has 148 valence electrons. The van der Waals surface area contributed by atoms with Crippen LogP contribution in [-0.2, 0) is 16.0 Å². The third-order valence-corrected chi connectivity index (χ3v) is 5.71. The van der Waals surface area contributed by atoms with Gasteiger partial charge in [-0.15, -0.1) is 0 Å². The smallest absolute Gasteiger partial charge is 0.228 e. The number of rotatable bonds is 7. The first-order valence-corrected chi connectivity index (χ1v) is 9.90. The van der Waals surface area contributed by atoms with Gasteiger partial charge < -0.3 is 19.7 Å². The SMILES string of the molecule is COc1ccc(CCN(C(=O)[C@@H]2CNC(=O)C2)C2CCCCC2)cc1OC. The third-order valence-electron chi connectivity index (χ3n) is 5.71. The Kier molecular flexibility index (Phi) is 6.58. The van der Waals surface area contributed by atoms with E-state index in [1.54, 1.807) is 14.2 Å². The molecule has 1 saturated heterocycles. The molecule has 1 aliphatic carbocycles. The van der Waals surface area contributed by atoms with Crippen LogP contribution in [0.25, 0.3) is 0 Å². The van der Waals surface area contributed by atoms with Gasteiger partial charge in [0.05, 0.1) is 20.1 Å². The van der Waals surface area contributed by atoms with Crippen molar-refractivity contribution in [3.05, 3.63) is 23.8 Å². The molecular formula is C21H30N2O4. The summed E-state index contributed by atoms with van der Waals surface area (Å²) in [4.78, 5) is 26.7. The maximum absolute atomic E-state index is 13.1. The van der Waals surface area contributed by atoms with Gasteiger partial charge in [0.25, 0.3) is 0 Å². The number of amides is 2. The largest absolute Gasteiger partial charge is 0.493 e. The molecule has 1 heterocycles. The molecule has 1 atom stereocenters. The fraction of sp³-hybridized carbons (Fsp3) is 0.619. The molecule has 2 amide bonds. The van der Waals surface area contributed by atoms with Crippen LogP contribution in [0, 0.1) is 5.92 Å². The lowest BCUT2D eigenvalue weighted by Gasteiger charge is -2.36. The zero-order valence-corrected chi connectivity index (χ0v) is 16.3. The van der Waals surface area contributed by atoms with E-state index in [-0.39, 0.29) is 17.7 Å². The number of nitrogens with zero attached hydrogens (tertiary/aromatic N) is 1. The molecule has 0 radical (unpaired) electrons. The first-order chi connectivity index (χ1) is 13.1. The summed E-state index contributed by atoms with van der Waals surface area (Å²) >= 11 is 0. The molecule has 1 aliphatic heterocycles. The lowest BCUT2D eigenvalue weighted by Crippen LogP contribution is -2.46. The summed E-state index contributed by atoms with van der Waals surface area (Å²) in [7, 11) is 3.25. The fourth-order valence-corrected chi connectivity index (χ4v) is 4.17. The predicted molar refractivity (Wildman–Crippen MR) is 103 cm³/mol. The molecule has 0 spiro atoms. The van der Waals surface area contributed by atoms with Gasteiger partial charge in [-0.05, 0) is 37.0 Å². The molecule has 2 aliphatic rings. The summed E-state index contributed by atoms with van der Waals surface area (Å²) < 4.78 is 10.7. The second-order valence-electron chi connectivity index (χ2n) is 7.47. The molecule has 1 saturated carbocycles. The van der Waals surface area contributed by atoms with E-state index in [1.165, 1.54) is 19.3 Å². The Balaban J connectivity index is 1.71. The lowest BCUT2D eigenvalue weighted by molar-refractivity contribution is -0.138. The Morgan fingerprint density at radius 2 is 1.89 bits per heavy atom. The van der Waals surface area contributed by atoms with Gasteiger partial charge in [-0.3, -0.25) is 9.59 Å². The van der Waals surface area contributed by atoms with Crippen LogP contribution in [0.5, 0.6) is 11.5 Å². The Labute approximate surface area is 161 Å². The summed E-state index contributed by atoms with van der Waals surface area (Å²) in [5, 5.41) is 2.79. The second kappa shape index (κ2) is 9.11. The molecular weight excluding hydrogens is 344 g/mol. The topological polar surface area (TPSA) is 67.9 Å². The van der Waals surface area contributed by atoms with Crippen molar-refractivity contribution in [2.24, 2.45) is 5.92 Å². The van der Waals surface area contributed by atoms with Crippen LogP contribution in [0.15, 0.2) is 18.2 Å². The predicted octanol–water partition coefficient (Wildman–Crippen LogP) is 2.54. The van der Waals surface area contributed by atoms with E-state index in [0.29, 0.717) is 37.1 Å². The van der Waals surface area contributed by atoms with Gasteiger partial charge in [0.15, 0.2) is 11.5 Å². The van der Waals surface area contributed by atoms with E-state index in [1.807, 2.05) is 23.1 Å². The standard InChI is InChI=1S/C21H30N2O4/c1-26-18-9-8-15(12-19(18)27-2)10-11-23(17-6-4-3-5-7-17)21(25)16-13-20(24)22-14-16/h8-9,12,16-17H,3-7,10-11,13-14H2,1-2H3,(H,22,24)/t16-/m0/s1. The highest BCUT2D eigenvalue weighted by molar-refractivity contribution is 5.89. The number of benzene rings is 1. The second-order valence-corrected chi connectivity index (χ2v) is 7.47. The summed E-state index contributed by atoms with van der Waals surface area (Å²) in [6.07, 6.45) is 6.80. The van der Waals surface area contributed by atoms with E-state index in [2.05, 4.69) is 5.32 Å². The van der Waals surface area contributed by atoms with Gasteiger partial charge in [0.2, 0.25) is 11.8 Å². The van der Waals surface area contributed by atoms with Crippen molar-refractivity contribution in [3.63, 3.8) is 0 Å². The van der Waals surface area contributed by atoms with Crippen molar-refractivity contribution in [1.29, 1.82) is 0 Å². The normalized spacial score (nSPS) is 20.2. The number of hydrogen-bond acceptors (Lipinski definition) is 4. The number of nitrogens with one attached hydrogen (secondary N) is 1. The molecule has 0 aromatic heterocycles. The molecule has 3 rings (SSSR count). The van der Waals surface area contributed by atoms with E-state index < -0.39 is 0 Å². The average molecular weight is 374 g/mol. The highest BCUT2D eigenvalue weighted by atomic mass is 16.5. The highest BCUT2D eigenvalue weighted by Crippen LogP contribution is 2.29. The molecule has 6 nitrogen and oxygen atoms in total. The zero-order chi connectivity index (χ0) is 19.2. The molecule has 1 aromatic rings. The molecule has 0 bridgehead atoms. The maximum Gasteiger partial charge on any atom is 0.228 e. The third kappa shape index (κ3) is 4.73. The zero-order valence-electron chi connectivity index (χ0n) is 16.3. The van der Waals surface area contributed by atoms with Crippen molar-refractivity contribution in [3.8, 4) is 11.5 Å². The van der Waals surface area contributed by atoms with Crippen molar-refractivity contribution < 1.29 is 19.1 Å². The van der Waals surface area contributed by atoms with Crippen molar-refractivity contribution >= 4 is 11.8 Å². The summed E-state index contributed by atoms with van der Waals surface area (Å²) in [5.74, 6) is 1.30. The number of carbonyl (C=O) groups is 2. The summed E-state index contributed by atoms with van der Waals surface area (Å²) in [5.41, 5.74) is 1.11. The molecule has 0 unspecified atom stereocenters. The van der Waals surface area contributed by atoms with E-state index in [9.17, 15) is 9.59 Å². The number of ether oxygens (including phenoxy) is 2. The van der Waals surface area contributed by atoms with Crippen LogP contribution in [0.2, 0.25) is 0 Å². The molecule has 1 aromatic carbocycles. The van der Waals surface area contributed by atoms with Gasteiger partial charge in [0, 0.05) is 25.6 Å². The van der Waals surface area contributed by atoms with Crippen LogP contribution >= 0.6 is 0 Å². The number of hydrogen-bond donors (Lipinski definition) is 1. The molecule has 2 fully saturated rings. The summed E-state index contributed by atoms with van der Waals surface area (Å²) in [6, 6.07) is 6.19. The van der Waals surface area contributed by atoms with Crippen LogP contribution in [-0.4, -0.2) is 50.1 Å². The van der Waals surface area contributed by atoms with Crippen LogP contribution in [0.3, 0.4) is 0 Å². The monoisotopic (exact) mass is 374 g/mol. The molecule has 27 heavy (non-hydrogen) atoms. The minimum atomic E-state index is -0.218. The van der Waals surface area contributed by atoms with Gasteiger partial charge >= 0.3 is 0 Å². The number of methoxy groups -OCH3 is 2. The van der Waals surface area contributed by atoms with E-state index in [4.69, 9.17) is 9.47 Å². The number of carbonyl (C=O) groups excluding carboxylic acids is 2. The van der Waals surface area contributed by atoms with Crippen molar-refractivity contribution in [2.45, 2.75) is 51.0 Å². The average Bonchev–Trinajstić information content (AvgIpc) is 3.15. The fourth-order valence-electron chi connectivity index (χ4n) is 4.17. The van der Waals surface area contributed by atoms with Crippen LogP contribution < -0.4 is 14.8 Å². The Bertz CT molecular complexity index is 670. The Morgan fingerprint density at radius 1 is 1.15 bits per heavy atom. The Morgan fingerprint density at radius 3 is 2.52 bits per heavy atom. The quantitative estimate of drug-likeness (QED) is 0.796.